The van der Waals surface area contributed by atoms with Crippen molar-refractivity contribution in [1.29, 1.82) is 0 Å². The standard InChI is InChI=1S/C22H23N3O4/c1-27-18-5-3-16(13-6-9-28-10-7-13)19-20(18)24-22(23-19)25-21(26)15-2-4-17-14(12-15)8-11-29-17/h2-5,12-13H,6-11H2,1H3,(H2,23,24,25,26). The van der Waals surface area contributed by atoms with Crippen LogP contribution in [0.15, 0.2) is 30.3 Å². The van der Waals surface area contributed by atoms with E-state index in [0.29, 0.717) is 29.8 Å². The van der Waals surface area contributed by atoms with Gasteiger partial charge in [-0.05, 0) is 54.2 Å². The third kappa shape index (κ3) is 3.31. The second-order valence-electron chi connectivity index (χ2n) is 7.43. The van der Waals surface area contributed by atoms with Gasteiger partial charge < -0.3 is 19.2 Å². The lowest BCUT2D eigenvalue weighted by Crippen LogP contribution is -2.14. The lowest BCUT2D eigenvalue weighted by molar-refractivity contribution is 0.0856. The molecule has 1 saturated heterocycles. The number of fused-ring (bicyclic) bond motifs is 2. The number of anilines is 1. The number of rotatable bonds is 4. The number of hydrogen-bond donors (Lipinski definition) is 2. The summed E-state index contributed by atoms with van der Waals surface area (Å²) in [5, 5.41) is 2.89. The van der Waals surface area contributed by atoms with Crippen LogP contribution < -0.4 is 14.8 Å². The van der Waals surface area contributed by atoms with E-state index >= 15 is 0 Å². The summed E-state index contributed by atoms with van der Waals surface area (Å²) < 4.78 is 16.5. The molecule has 0 radical (unpaired) electrons. The number of aromatic amines is 1. The Morgan fingerprint density at radius 2 is 2.07 bits per heavy atom. The minimum Gasteiger partial charge on any atom is -0.494 e. The molecular weight excluding hydrogens is 370 g/mol. The Bertz CT molecular complexity index is 1070. The summed E-state index contributed by atoms with van der Waals surface area (Å²) in [6.45, 7) is 2.18. The molecule has 0 saturated carbocycles. The van der Waals surface area contributed by atoms with Crippen LogP contribution in [0, 0.1) is 0 Å². The van der Waals surface area contributed by atoms with Crippen molar-refractivity contribution in [3.8, 4) is 11.5 Å². The van der Waals surface area contributed by atoms with Gasteiger partial charge in [-0.3, -0.25) is 10.1 Å². The largest absolute Gasteiger partial charge is 0.494 e. The van der Waals surface area contributed by atoms with Gasteiger partial charge in [-0.1, -0.05) is 6.07 Å². The number of methoxy groups -OCH3 is 1. The van der Waals surface area contributed by atoms with Crippen LogP contribution in [-0.4, -0.2) is 42.8 Å². The minimum atomic E-state index is -0.203. The van der Waals surface area contributed by atoms with E-state index in [1.54, 1.807) is 13.2 Å². The summed E-state index contributed by atoms with van der Waals surface area (Å²) in [7, 11) is 1.63. The van der Waals surface area contributed by atoms with Crippen molar-refractivity contribution >= 4 is 22.9 Å². The lowest BCUT2D eigenvalue weighted by atomic mass is 9.90. The van der Waals surface area contributed by atoms with Crippen molar-refractivity contribution in [2.45, 2.75) is 25.2 Å². The monoisotopic (exact) mass is 393 g/mol. The second kappa shape index (κ2) is 7.40. The first kappa shape index (κ1) is 18.0. The average molecular weight is 393 g/mol. The molecule has 1 amide bonds. The first-order chi connectivity index (χ1) is 14.2. The van der Waals surface area contributed by atoms with Crippen LogP contribution in [0.5, 0.6) is 11.5 Å². The highest BCUT2D eigenvalue weighted by atomic mass is 16.5. The van der Waals surface area contributed by atoms with Crippen LogP contribution in [-0.2, 0) is 11.2 Å². The number of nitrogens with zero attached hydrogens (tertiary/aromatic N) is 1. The van der Waals surface area contributed by atoms with E-state index in [0.717, 1.165) is 60.4 Å². The molecule has 0 spiro atoms. The summed E-state index contributed by atoms with van der Waals surface area (Å²) in [4.78, 5) is 20.7. The maximum Gasteiger partial charge on any atom is 0.257 e. The molecule has 3 heterocycles. The smallest absolute Gasteiger partial charge is 0.257 e. The zero-order valence-electron chi connectivity index (χ0n) is 16.3. The normalized spacial score (nSPS) is 16.4. The Kier molecular flexibility index (Phi) is 4.60. The van der Waals surface area contributed by atoms with Crippen molar-refractivity contribution in [3.63, 3.8) is 0 Å². The van der Waals surface area contributed by atoms with Crippen LogP contribution in [0.4, 0.5) is 5.95 Å². The molecule has 0 unspecified atom stereocenters. The molecule has 29 heavy (non-hydrogen) atoms. The van der Waals surface area contributed by atoms with E-state index in [4.69, 9.17) is 19.2 Å². The first-order valence-electron chi connectivity index (χ1n) is 9.94. The van der Waals surface area contributed by atoms with Crippen LogP contribution in [0.25, 0.3) is 11.0 Å². The molecule has 0 aliphatic carbocycles. The van der Waals surface area contributed by atoms with Crippen molar-refractivity contribution in [2.75, 3.05) is 32.2 Å². The van der Waals surface area contributed by atoms with E-state index in [1.165, 1.54) is 0 Å². The molecular formula is C22H23N3O4. The van der Waals surface area contributed by atoms with Crippen LogP contribution in [0.3, 0.4) is 0 Å². The highest BCUT2D eigenvalue weighted by Crippen LogP contribution is 2.36. The van der Waals surface area contributed by atoms with Gasteiger partial charge in [0.2, 0.25) is 5.95 Å². The number of hydrogen-bond acceptors (Lipinski definition) is 5. The molecule has 7 nitrogen and oxygen atoms in total. The maximum atomic E-state index is 12.8. The molecule has 0 atom stereocenters. The molecule has 3 aromatic rings. The van der Waals surface area contributed by atoms with Gasteiger partial charge in [0.25, 0.3) is 5.91 Å². The van der Waals surface area contributed by atoms with Crippen LogP contribution in [0.2, 0.25) is 0 Å². The number of H-pyrrole nitrogens is 1. The topological polar surface area (TPSA) is 85.5 Å². The Balaban J connectivity index is 1.46. The van der Waals surface area contributed by atoms with Crippen molar-refractivity contribution in [2.24, 2.45) is 0 Å². The summed E-state index contributed by atoms with van der Waals surface area (Å²) in [6.07, 6.45) is 2.76. The molecule has 5 rings (SSSR count). The zero-order chi connectivity index (χ0) is 19.8. The van der Waals surface area contributed by atoms with E-state index in [-0.39, 0.29) is 5.91 Å². The number of nitrogens with one attached hydrogen (secondary N) is 2. The fourth-order valence-corrected chi connectivity index (χ4v) is 4.16. The van der Waals surface area contributed by atoms with Gasteiger partial charge in [-0.2, -0.15) is 0 Å². The summed E-state index contributed by atoms with van der Waals surface area (Å²) in [6, 6.07) is 9.54. The number of benzene rings is 2. The van der Waals surface area contributed by atoms with Crippen molar-refractivity contribution < 1.29 is 19.0 Å². The maximum absolute atomic E-state index is 12.8. The van der Waals surface area contributed by atoms with E-state index in [9.17, 15) is 4.79 Å². The fourth-order valence-electron chi connectivity index (χ4n) is 4.16. The Labute approximate surface area is 168 Å². The number of amides is 1. The zero-order valence-corrected chi connectivity index (χ0v) is 16.3. The van der Waals surface area contributed by atoms with Gasteiger partial charge in [0, 0.05) is 25.2 Å². The average Bonchev–Trinajstić information content (AvgIpc) is 3.39. The van der Waals surface area contributed by atoms with Crippen molar-refractivity contribution in [3.05, 3.63) is 47.0 Å². The highest BCUT2D eigenvalue weighted by Gasteiger charge is 2.22. The Hall–Kier alpha value is -3.06. The molecule has 7 heteroatoms. The van der Waals surface area contributed by atoms with Gasteiger partial charge in [-0.25, -0.2) is 4.98 Å². The molecule has 2 aromatic carbocycles. The van der Waals surface area contributed by atoms with Crippen LogP contribution >= 0.6 is 0 Å². The highest BCUT2D eigenvalue weighted by molar-refractivity contribution is 6.04. The lowest BCUT2D eigenvalue weighted by Gasteiger charge is -2.22. The van der Waals surface area contributed by atoms with Gasteiger partial charge in [0.05, 0.1) is 19.2 Å². The molecule has 0 bridgehead atoms. The molecule has 2 N–H and O–H groups in total. The van der Waals surface area contributed by atoms with Crippen molar-refractivity contribution in [1.82, 2.24) is 9.97 Å². The van der Waals surface area contributed by atoms with Crippen LogP contribution in [0.1, 0.15) is 40.2 Å². The summed E-state index contributed by atoms with van der Waals surface area (Å²) >= 11 is 0. The number of carbonyl (C=O) groups is 1. The van der Waals surface area contributed by atoms with Gasteiger partial charge in [-0.15, -0.1) is 0 Å². The predicted octanol–water partition coefficient (Wildman–Crippen LogP) is 3.65. The van der Waals surface area contributed by atoms with E-state index < -0.39 is 0 Å². The van der Waals surface area contributed by atoms with Gasteiger partial charge >= 0.3 is 0 Å². The molecule has 150 valence electrons. The fraction of sp³-hybridized carbons (Fsp3) is 0.364. The summed E-state index contributed by atoms with van der Waals surface area (Å²) in [5.41, 5.74) is 4.45. The minimum absolute atomic E-state index is 0.203. The summed E-state index contributed by atoms with van der Waals surface area (Å²) in [5.74, 6) is 2.17. The number of aromatic nitrogens is 2. The Morgan fingerprint density at radius 3 is 2.90 bits per heavy atom. The molecule has 2 aliphatic rings. The predicted molar refractivity (Wildman–Crippen MR) is 109 cm³/mol. The third-order valence-electron chi connectivity index (χ3n) is 5.70. The van der Waals surface area contributed by atoms with Gasteiger partial charge in [0.15, 0.2) is 0 Å². The van der Waals surface area contributed by atoms with Gasteiger partial charge in [0.1, 0.15) is 17.0 Å². The van der Waals surface area contributed by atoms with E-state index in [1.807, 2.05) is 18.2 Å². The number of carbonyl (C=O) groups excluding carboxylic acids is 1. The molecule has 1 aromatic heterocycles. The second-order valence-corrected chi connectivity index (χ2v) is 7.43. The number of imidazole rings is 1. The molecule has 1 fully saturated rings. The quantitative estimate of drug-likeness (QED) is 0.707. The molecule has 2 aliphatic heterocycles. The Morgan fingerprint density at radius 1 is 1.21 bits per heavy atom. The first-order valence-corrected chi connectivity index (χ1v) is 9.94. The van der Waals surface area contributed by atoms with E-state index in [2.05, 4.69) is 16.4 Å². The third-order valence-corrected chi connectivity index (χ3v) is 5.70. The number of ether oxygens (including phenoxy) is 3. The SMILES string of the molecule is COc1ccc(C2CCOCC2)c2nc(NC(=O)c3ccc4c(c3)CCO4)[nH]c12.